The number of nitrogens with zero attached hydrogens (tertiary/aromatic N) is 2. The van der Waals surface area contributed by atoms with Crippen LogP contribution in [0.2, 0.25) is 5.02 Å². The van der Waals surface area contributed by atoms with E-state index in [0.29, 0.717) is 23.1 Å². The molecule has 1 aromatic carbocycles. The second-order valence-corrected chi connectivity index (χ2v) is 6.71. The molecule has 0 radical (unpaired) electrons. The summed E-state index contributed by atoms with van der Waals surface area (Å²) >= 11 is 5.92. The monoisotopic (exact) mass is 387 g/mol. The summed E-state index contributed by atoms with van der Waals surface area (Å²) in [4.78, 5) is 12.2. The molecule has 6 nitrogen and oxygen atoms in total. The van der Waals surface area contributed by atoms with Crippen LogP contribution < -0.4 is 10.1 Å². The highest BCUT2D eigenvalue weighted by Crippen LogP contribution is 2.19. The number of amides is 1. The first-order chi connectivity index (χ1) is 13.0. The van der Waals surface area contributed by atoms with Crippen LogP contribution in [0.15, 0.2) is 46.9 Å². The normalized spacial score (nSPS) is 10.8. The van der Waals surface area contributed by atoms with Crippen LogP contribution in [-0.2, 0) is 13.2 Å². The van der Waals surface area contributed by atoms with E-state index in [0.717, 1.165) is 24.4 Å². The van der Waals surface area contributed by atoms with Gasteiger partial charge in [0, 0.05) is 23.8 Å². The number of halogens is 1. The number of nitrogens with one attached hydrogen (secondary N) is 1. The molecule has 0 saturated heterocycles. The number of carbonyl (C=O) groups is 1. The average Bonchev–Trinajstić information content (AvgIpc) is 3.23. The molecule has 142 valence electrons. The fourth-order valence-corrected chi connectivity index (χ4v) is 2.89. The highest BCUT2D eigenvalue weighted by atomic mass is 35.5. The smallest absolute Gasteiger partial charge is 0.286 e. The van der Waals surface area contributed by atoms with Gasteiger partial charge in [-0.05, 0) is 56.7 Å². The van der Waals surface area contributed by atoms with Crippen molar-refractivity contribution in [2.45, 2.75) is 33.4 Å². The molecule has 0 saturated carbocycles. The Balaban J connectivity index is 1.43. The van der Waals surface area contributed by atoms with Crippen LogP contribution in [0.4, 0.5) is 0 Å². The summed E-state index contributed by atoms with van der Waals surface area (Å²) in [6.45, 7) is 5.53. The standard InChI is InChI=1S/C20H22ClN3O3/c1-14-11-15(2)24(23-14)10-4-9-22-20(25)19-8-7-18(27-19)13-26-17-6-3-5-16(21)12-17/h3,5-8,11-12H,4,9-10,13H2,1-2H3,(H,22,25). The molecule has 1 amide bonds. The summed E-state index contributed by atoms with van der Waals surface area (Å²) < 4.78 is 13.1. The fraction of sp³-hybridized carbons (Fsp3) is 0.300. The lowest BCUT2D eigenvalue weighted by atomic mass is 10.3. The van der Waals surface area contributed by atoms with Crippen LogP contribution in [0, 0.1) is 13.8 Å². The molecule has 2 heterocycles. The molecule has 27 heavy (non-hydrogen) atoms. The van der Waals surface area contributed by atoms with Gasteiger partial charge in [-0.2, -0.15) is 5.10 Å². The SMILES string of the molecule is Cc1cc(C)n(CCCNC(=O)c2ccc(COc3cccc(Cl)c3)o2)n1. The zero-order valence-corrected chi connectivity index (χ0v) is 16.1. The van der Waals surface area contributed by atoms with Gasteiger partial charge in [-0.15, -0.1) is 0 Å². The van der Waals surface area contributed by atoms with Gasteiger partial charge in [0.1, 0.15) is 18.1 Å². The van der Waals surface area contributed by atoms with Gasteiger partial charge in [-0.25, -0.2) is 0 Å². The zero-order chi connectivity index (χ0) is 19.2. The molecule has 1 N–H and O–H groups in total. The van der Waals surface area contributed by atoms with Crippen molar-refractivity contribution in [3.63, 3.8) is 0 Å². The van der Waals surface area contributed by atoms with E-state index in [-0.39, 0.29) is 18.3 Å². The van der Waals surface area contributed by atoms with Crippen molar-refractivity contribution in [2.75, 3.05) is 6.54 Å². The van der Waals surface area contributed by atoms with Gasteiger partial charge in [0.05, 0.1) is 5.69 Å². The molecule has 0 atom stereocenters. The summed E-state index contributed by atoms with van der Waals surface area (Å²) in [6, 6.07) is 12.5. The maximum absolute atomic E-state index is 12.2. The van der Waals surface area contributed by atoms with E-state index in [1.807, 2.05) is 36.7 Å². The van der Waals surface area contributed by atoms with Gasteiger partial charge in [0.15, 0.2) is 5.76 Å². The molecular formula is C20H22ClN3O3. The maximum Gasteiger partial charge on any atom is 0.286 e. The molecule has 2 aromatic heterocycles. The average molecular weight is 388 g/mol. The number of aryl methyl sites for hydroxylation is 3. The third-order valence-corrected chi connectivity index (χ3v) is 4.23. The number of rotatable bonds is 8. The topological polar surface area (TPSA) is 69.3 Å². The van der Waals surface area contributed by atoms with Crippen molar-refractivity contribution in [1.29, 1.82) is 0 Å². The molecule has 0 aliphatic carbocycles. The third kappa shape index (κ3) is 5.37. The first-order valence-corrected chi connectivity index (χ1v) is 9.15. The van der Waals surface area contributed by atoms with E-state index in [1.165, 1.54) is 0 Å². The molecular weight excluding hydrogens is 366 g/mol. The lowest BCUT2D eigenvalue weighted by molar-refractivity contribution is 0.0921. The number of ether oxygens (including phenoxy) is 1. The molecule has 3 rings (SSSR count). The van der Waals surface area contributed by atoms with Crippen LogP contribution >= 0.6 is 11.6 Å². The number of hydrogen-bond donors (Lipinski definition) is 1. The van der Waals surface area contributed by atoms with Gasteiger partial charge >= 0.3 is 0 Å². The Labute approximate surface area is 163 Å². The molecule has 0 aliphatic rings. The van der Waals surface area contributed by atoms with Gasteiger partial charge < -0.3 is 14.5 Å². The summed E-state index contributed by atoms with van der Waals surface area (Å²) in [5, 5.41) is 7.86. The summed E-state index contributed by atoms with van der Waals surface area (Å²) in [6.07, 6.45) is 0.791. The van der Waals surface area contributed by atoms with Gasteiger partial charge in [0.25, 0.3) is 5.91 Å². The van der Waals surface area contributed by atoms with Crippen LogP contribution in [0.3, 0.4) is 0 Å². The third-order valence-electron chi connectivity index (χ3n) is 4.00. The summed E-state index contributed by atoms with van der Waals surface area (Å²) in [5.41, 5.74) is 2.12. The number of carbonyl (C=O) groups excluding carboxylic acids is 1. The quantitative estimate of drug-likeness (QED) is 0.589. The Morgan fingerprint density at radius 3 is 2.85 bits per heavy atom. The number of aromatic nitrogens is 2. The van der Waals surface area contributed by atoms with Crippen LogP contribution in [0.1, 0.15) is 34.1 Å². The molecule has 0 bridgehead atoms. The minimum atomic E-state index is -0.239. The van der Waals surface area contributed by atoms with E-state index in [4.69, 9.17) is 20.8 Å². The van der Waals surface area contributed by atoms with Gasteiger partial charge in [-0.3, -0.25) is 9.48 Å². The Bertz CT molecular complexity index is 917. The predicted octanol–water partition coefficient (Wildman–Crippen LogP) is 4.15. The van der Waals surface area contributed by atoms with E-state index in [1.54, 1.807) is 24.3 Å². The van der Waals surface area contributed by atoms with E-state index >= 15 is 0 Å². The van der Waals surface area contributed by atoms with Crippen LogP contribution in [0.5, 0.6) is 5.75 Å². The minimum Gasteiger partial charge on any atom is -0.486 e. The molecule has 3 aromatic rings. The second kappa shape index (κ2) is 8.77. The largest absolute Gasteiger partial charge is 0.486 e. The summed E-state index contributed by atoms with van der Waals surface area (Å²) in [7, 11) is 0. The Kier molecular flexibility index (Phi) is 6.19. The van der Waals surface area contributed by atoms with Gasteiger partial charge in [-0.1, -0.05) is 17.7 Å². The first kappa shape index (κ1) is 19.0. The van der Waals surface area contributed by atoms with Crippen molar-refractivity contribution in [3.8, 4) is 5.75 Å². The molecule has 0 spiro atoms. The molecule has 0 fully saturated rings. The second-order valence-electron chi connectivity index (χ2n) is 6.27. The first-order valence-electron chi connectivity index (χ1n) is 8.77. The van der Waals surface area contributed by atoms with Crippen LogP contribution in [0.25, 0.3) is 0 Å². The number of furan rings is 1. The highest BCUT2D eigenvalue weighted by molar-refractivity contribution is 6.30. The van der Waals surface area contributed by atoms with E-state index in [9.17, 15) is 4.79 Å². The Morgan fingerprint density at radius 2 is 2.11 bits per heavy atom. The zero-order valence-electron chi connectivity index (χ0n) is 15.4. The fourth-order valence-electron chi connectivity index (χ4n) is 2.71. The molecule has 7 heteroatoms. The van der Waals surface area contributed by atoms with Crippen molar-refractivity contribution < 1.29 is 13.9 Å². The number of hydrogen-bond acceptors (Lipinski definition) is 4. The maximum atomic E-state index is 12.2. The minimum absolute atomic E-state index is 0.228. The lowest BCUT2D eigenvalue weighted by Gasteiger charge is -2.06. The van der Waals surface area contributed by atoms with Crippen molar-refractivity contribution in [2.24, 2.45) is 0 Å². The Hall–Kier alpha value is -2.73. The van der Waals surface area contributed by atoms with Crippen LogP contribution in [-0.4, -0.2) is 22.2 Å². The lowest BCUT2D eigenvalue weighted by Crippen LogP contribution is -2.25. The highest BCUT2D eigenvalue weighted by Gasteiger charge is 2.11. The van der Waals surface area contributed by atoms with E-state index in [2.05, 4.69) is 10.4 Å². The summed E-state index contributed by atoms with van der Waals surface area (Å²) in [5.74, 6) is 1.25. The Morgan fingerprint density at radius 1 is 1.26 bits per heavy atom. The van der Waals surface area contributed by atoms with Crippen molar-refractivity contribution >= 4 is 17.5 Å². The molecule has 0 aliphatic heterocycles. The molecule has 0 unspecified atom stereocenters. The van der Waals surface area contributed by atoms with E-state index < -0.39 is 0 Å². The van der Waals surface area contributed by atoms with Crippen molar-refractivity contribution in [3.05, 3.63) is 70.4 Å². The predicted molar refractivity (Wildman–Crippen MR) is 103 cm³/mol. The van der Waals surface area contributed by atoms with Crippen molar-refractivity contribution in [1.82, 2.24) is 15.1 Å². The number of benzene rings is 1. The van der Waals surface area contributed by atoms with Gasteiger partial charge in [0.2, 0.25) is 0 Å².